The minimum Gasteiger partial charge on any atom is -1.00 e. The van der Waals surface area contributed by atoms with Crippen molar-refractivity contribution >= 4 is 0 Å². The average Bonchev–Trinajstić information content (AvgIpc) is 2.59. The van der Waals surface area contributed by atoms with Crippen LogP contribution in [0.25, 0.3) is 0 Å². The second-order valence-corrected chi connectivity index (χ2v) is 3.84. The molecular formula is C13H21Cl3Zr. The molecule has 0 fully saturated rings. The van der Waals surface area contributed by atoms with Crippen LogP contribution in [0.5, 0.6) is 0 Å². The minimum atomic E-state index is 0. The Bertz CT molecular complexity index is 213. The Morgan fingerprint density at radius 3 is 2.06 bits per heavy atom. The zero-order valence-electron chi connectivity index (χ0n) is 10.7. The van der Waals surface area contributed by atoms with Gasteiger partial charge >= 0.3 is 26.2 Å². The van der Waals surface area contributed by atoms with E-state index in [0.717, 1.165) is 0 Å². The molecule has 0 atom stereocenters. The number of hydrogen-bond acceptors (Lipinski definition) is 0. The van der Waals surface area contributed by atoms with Crippen molar-refractivity contribution in [2.75, 3.05) is 0 Å². The summed E-state index contributed by atoms with van der Waals surface area (Å²) in [5, 5.41) is 0. The largest absolute Gasteiger partial charge is 4.00 e. The second-order valence-electron chi connectivity index (χ2n) is 3.84. The van der Waals surface area contributed by atoms with E-state index in [1.165, 1.54) is 50.5 Å². The maximum absolute atomic E-state index is 3.41. The van der Waals surface area contributed by atoms with E-state index in [1.54, 1.807) is 5.57 Å². The fourth-order valence-electron chi connectivity index (χ4n) is 1.77. The summed E-state index contributed by atoms with van der Waals surface area (Å²) in [4.78, 5) is 0. The Morgan fingerprint density at radius 2 is 1.53 bits per heavy atom. The number of rotatable bonds is 6. The smallest absolute Gasteiger partial charge is 1.00 e. The van der Waals surface area contributed by atoms with Crippen molar-refractivity contribution in [3.8, 4) is 0 Å². The van der Waals surface area contributed by atoms with Gasteiger partial charge in [0.15, 0.2) is 0 Å². The Hall–Kier alpha value is 1.23. The summed E-state index contributed by atoms with van der Waals surface area (Å²) in [6.45, 7) is 4.52. The molecule has 98 valence electrons. The second kappa shape index (κ2) is 17.2. The van der Waals surface area contributed by atoms with E-state index in [4.69, 9.17) is 0 Å². The number of halogens is 3. The van der Waals surface area contributed by atoms with E-state index in [1.807, 2.05) is 0 Å². The third-order valence-corrected chi connectivity index (χ3v) is 2.66. The molecule has 0 radical (unpaired) electrons. The van der Waals surface area contributed by atoms with Gasteiger partial charge in [-0.25, -0.2) is 11.1 Å². The van der Waals surface area contributed by atoms with E-state index in [0.29, 0.717) is 0 Å². The van der Waals surface area contributed by atoms with Crippen molar-refractivity contribution in [1.29, 1.82) is 0 Å². The molecule has 0 nitrogen and oxygen atoms in total. The molecule has 4 heteroatoms. The van der Waals surface area contributed by atoms with Crippen LogP contribution in [-0.2, 0) is 26.2 Å². The van der Waals surface area contributed by atoms with Crippen LogP contribution in [0.2, 0.25) is 0 Å². The van der Waals surface area contributed by atoms with Gasteiger partial charge in [0.1, 0.15) is 0 Å². The first-order valence-electron chi connectivity index (χ1n) is 5.67. The number of unbranched alkanes of at least 4 members (excludes halogenated alkanes) is 2. The zero-order valence-corrected chi connectivity index (χ0v) is 15.4. The first kappa shape index (κ1) is 26.7. The number of allylic oxidation sites excluding steroid dienone is 4. The molecule has 0 spiro atoms. The van der Waals surface area contributed by atoms with Crippen molar-refractivity contribution in [1.82, 2.24) is 0 Å². The van der Waals surface area contributed by atoms with Gasteiger partial charge in [-0.05, 0) is 0 Å². The molecule has 0 amide bonds. The Labute approximate surface area is 144 Å². The molecule has 0 bridgehead atoms. The first-order valence-corrected chi connectivity index (χ1v) is 5.67. The fraction of sp³-hybridized carbons (Fsp3) is 0.692. The van der Waals surface area contributed by atoms with Gasteiger partial charge in [-0.3, -0.25) is 6.08 Å². The molecule has 1 rings (SSSR count). The summed E-state index contributed by atoms with van der Waals surface area (Å²) in [5.74, 6) is 0. The summed E-state index contributed by atoms with van der Waals surface area (Å²) in [5.41, 5.74) is 3.19. The Balaban J connectivity index is -0.000000211. The van der Waals surface area contributed by atoms with Crippen molar-refractivity contribution in [3.05, 3.63) is 23.3 Å². The summed E-state index contributed by atoms with van der Waals surface area (Å²) in [6, 6.07) is 0. The van der Waals surface area contributed by atoms with Gasteiger partial charge < -0.3 is 37.2 Å². The monoisotopic (exact) mass is 372 g/mol. The van der Waals surface area contributed by atoms with E-state index < -0.39 is 0 Å². The van der Waals surface area contributed by atoms with Gasteiger partial charge in [0.05, 0.1) is 0 Å². The standard InChI is InChI=1S/C13H21.3ClH.Zr/c1-3-5-8-12-10-7-11-13(12)9-6-4-2;;;;/h7H,3-6,8-10H2,1-2H3;3*1H;/q-1;;;;+4/p-3. The van der Waals surface area contributed by atoms with Crippen LogP contribution in [0, 0.1) is 6.08 Å². The third kappa shape index (κ3) is 10.8. The molecular weight excluding hydrogens is 354 g/mol. The molecule has 1 aliphatic carbocycles. The predicted molar refractivity (Wildman–Crippen MR) is 58.5 cm³/mol. The average molecular weight is 375 g/mol. The summed E-state index contributed by atoms with van der Waals surface area (Å²) >= 11 is 0. The van der Waals surface area contributed by atoms with E-state index >= 15 is 0 Å². The van der Waals surface area contributed by atoms with Crippen LogP contribution in [0.3, 0.4) is 0 Å². The maximum Gasteiger partial charge on any atom is 4.00 e. The molecule has 0 aromatic rings. The molecule has 0 aliphatic heterocycles. The van der Waals surface area contributed by atoms with Gasteiger partial charge in [0.25, 0.3) is 0 Å². The SMILES string of the molecule is CCCCC1=C(CCCC)CC=[C-]1.[Cl-].[Cl-].[Cl-].[Zr+4]. The normalized spacial score (nSPS) is 12.1. The molecule has 0 heterocycles. The predicted octanol–water partition coefficient (Wildman–Crippen LogP) is -4.56. The quantitative estimate of drug-likeness (QED) is 0.411. The van der Waals surface area contributed by atoms with Crippen LogP contribution in [0.4, 0.5) is 0 Å². The maximum atomic E-state index is 3.41. The molecule has 0 unspecified atom stereocenters. The first-order chi connectivity index (χ1) is 6.38. The number of hydrogen-bond donors (Lipinski definition) is 0. The summed E-state index contributed by atoms with van der Waals surface area (Å²) in [6.07, 6.45) is 14.6. The van der Waals surface area contributed by atoms with Gasteiger partial charge in [-0.2, -0.15) is 6.08 Å². The molecule has 0 N–H and O–H groups in total. The molecule has 0 aromatic heterocycles. The molecule has 1 aliphatic rings. The fourth-order valence-corrected chi connectivity index (χ4v) is 1.77. The Morgan fingerprint density at radius 1 is 1.00 bits per heavy atom. The van der Waals surface area contributed by atoms with Crippen LogP contribution < -0.4 is 37.2 Å². The van der Waals surface area contributed by atoms with Crippen LogP contribution in [0.15, 0.2) is 17.2 Å². The van der Waals surface area contributed by atoms with E-state index in [-0.39, 0.29) is 63.4 Å². The molecule has 0 aromatic carbocycles. The van der Waals surface area contributed by atoms with Crippen LogP contribution >= 0.6 is 0 Å². The van der Waals surface area contributed by atoms with Crippen molar-refractivity contribution < 1.29 is 63.4 Å². The van der Waals surface area contributed by atoms with Gasteiger partial charge in [0.2, 0.25) is 0 Å². The molecule has 0 saturated carbocycles. The molecule has 17 heavy (non-hydrogen) atoms. The zero-order chi connectivity index (χ0) is 9.52. The topological polar surface area (TPSA) is 0 Å². The summed E-state index contributed by atoms with van der Waals surface area (Å²) in [7, 11) is 0. The van der Waals surface area contributed by atoms with Crippen molar-refractivity contribution in [2.24, 2.45) is 0 Å². The van der Waals surface area contributed by atoms with Crippen molar-refractivity contribution in [3.63, 3.8) is 0 Å². The minimum absolute atomic E-state index is 0. The van der Waals surface area contributed by atoms with E-state index in [2.05, 4.69) is 26.0 Å². The van der Waals surface area contributed by atoms with Gasteiger partial charge in [-0.15, -0.1) is 0 Å². The van der Waals surface area contributed by atoms with Crippen LogP contribution in [0.1, 0.15) is 58.8 Å². The van der Waals surface area contributed by atoms with Gasteiger partial charge in [0, 0.05) is 0 Å². The van der Waals surface area contributed by atoms with Crippen molar-refractivity contribution in [2.45, 2.75) is 58.8 Å². The molecule has 0 saturated heterocycles. The Kier molecular flexibility index (Phi) is 27.1. The van der Waals surface area contributed by atoms with E-state index in [9.17, 15) is 0 Å². The van der Waals surface area contributed by atoms with Gasteiger partial charge in [-0.1, -0.05) is 58.8 Å². The van der Waals surface area contributed by atoms with Crippen LogP contribution in [-0.4, -0.2) is 0 Å². The third-order valence-electron chi connectivity index (χ3n) is 2.66. The summed E-state index contributed by atoms with van der Waals surface area (Å²) < 4.78 is 0.